The van der Waals surface area contributed by atoms with Gasteiger partial charge < -0.3 is 5.32 Å². The fourth-order valence-corrected chi connectivity index (χ4v) is 2.97. The maximum atomic E-state index is 13.1. The van der Waals surface area contributed by atoms with Gasteiger partial charge in [0.2, 0.25) is 0 Å². The Morgan fingerprint density at radius 2 is 1.79 bits per heavy atom. The normalized spacial score (nSPS) is 11.5. The van der Waals surface area contributed by atoms with Crippen LogP contribution in [0.1, 0.15) is 5.56 Å². The van der Waals surface area contributed by atoms with Crippen LogP contribution in [0.25, 0.3) is 11.1 Å². The number of aromatic nitrogens is 1. The second-order valence-corrected chi connectivity index (χ2v) is 6.56. The van der Waals surface area contributed by atoms with E-state index in [1.807, 2.05) is 0 Å². The summed E-state index contributed by atoms with van der Waals surface area (Å²) in [6, 6.07) is 8.18. The lowest BCUT2D eigenvalue weighted by molar-refractivity contribution is -0.137. The molecular formula is C16H9Cl2F3N2S. The Hall–Kier alpha value is -1.76. The SMILES string of the molecule is FC(F)(F)c1ccc(Nc2nccs2)c(-c2ccc(Cl)c(Cl)c2)c1. The molecule has 0 atom stereocenters. The van der Waals surface area contributed by atoms with E-state index in [0.717, 1.165) is 12.1 Å². The Bertz CT molecular complexity index is 864. The highest BCUT2D eigenvalue weighted by Crippen LogP contribution is 2.39. The molecule has 1 aromatic heterocycles. The molecule has 1 N–H and O–H groups in total. The van der Waals surface area contributed by atoms with E-state index in [4.69, 9.17) is 23.2 Å². The molecule has 0 amide bonds. The fourth-order valence-electron chi connectivity index (χ4n) is 2.13. The first-order valence-electron chi connectivity index (χ1n) is 6.68. The van der Waals surface area contributed by atoms with E-state index in [-0.39, 0.29) is 5.02 Å². The summed E-state index contributed by atoms with van der Waals surface area (Å²) >= 11 is 13.2. The summed E-state index contributed by atoms with van der Waals surface area (Å²) < 4.78 is 39.2. The van der Waals surface area contributed by atoms with Gasteiger partial charge in [0.15, 0.2) is 5.13 Å². The molecule has 3 rings (SSSR count). The van der Waals surface area contributed by atoms with Gasteiger partial charge in [-0.05, 0) is 35.9 Å². The van der Waals surface area contributed by atoms with Crippen LogP contribution in [-0.4, -0.2) is 4.98 Å². The van der Waals surface area contributed by atoms with Crippen LogP contribution in [0.3, 0.4) is 0 Å². The maximum absolute atomic E-state index is 13.1. The molecule has 8 heteroatoms. The molecule has 2 nitrogen and oxygen atoms in total. The van der Waals surface area contributed by atoms with Gasteiger partial charge in [-0.15, -0.1) is 11.3 Å². The summed E-state index contributed by atoms with van der Waals surface area (Å²) in [6.45, 7) is 0. The molecule has 0 bridgehead atoms. The molecule has 24 heavy (non-hydrogen) atoms. The molecule has 0 aliphatic heterocycles. The number of alkyl halides is 3. The highest BCUT2D eigenvalue weighted by molar-refractivity contribution is 7.13. The number of rotatable bonds is 3. The van der Waals surface area contributed by atoms with Crippen molar-refractivity contribution in [1.82, 2.24) is 4.98 Å². The number of hydrogen-bond acceptors (Lipinski definition) is 3. The van der Waals surface area contributed by atoms with Crippen molar-refractivity contribution in [2.24, 2.45) is 0 Å². The molecule has 0 aliphatic carbocycles. The Labute approximate surface area is 149 Å². The highest BCUT2D eigenvalue weighted by Gasteiger charge is 2.31. The molecule has 0 saturated carbocycles. The fraction of sp³-hybridized carbons (Fsp3) is 0.0625. The quantitative estimate of drug-likeness (QED) is 0.528. The van der Waals surface area contributed by atoms with Crippen LogP contribution >= 0.6 is 34.5 Å². The van der Waals surface area contributed by atoms with Crippen molar-refractivity contribution in [3.63, 3.8) is 0 Å². The average Bonchev–Trinajstić information content (AvgIpc) is 3.02. The van der Waals surface area contributed by atoms with Gasteiger partial charge in [0.05, 0.1) is 15.6 Å². The van der Waals surface area contributed by atoms with Gasteiger partial charge in [-0.25, -0.2) is 4.98 Å². The predicted octanol–water partition coefficient (Wildman–Crippen LogP) is 6.88. The zero-order valence-electron chi connectivity index (χ0n) is 11.9. The summed E-state index contributed by atoms with van der Waals surface area (Å²) in [4.78, 5) is 4.09. The minimum Gasteiger partial charge on any atom is -0.331 e. The topological polar surface area (TPSA) is 24.9 Å². The summed E-state index contributed by atoms with van der Waals surface area (Å²) in [5.74, 6) is 0. The number of nitrogens with zero attached hydrogens (tertiary/aromatic N) is 1. The second kappa shape index (κ2) is 6.63. The summed E-state index contributed by atoms with van der Waals surface area (Å²) in [5, 5.41) is 5.98. The number of benzene rings is 2. The van der Waals surface area contributed by atoms with Crippen molar-refractivity contribution in [2.75, 3.05) is 5.32 Å². The van der Waals surface area contributed by atoms with Crippen molar-refractivity contribution in [1.29, 1.82) is 0 Å². The van der Waals surface area contributed by atoms with E-state index in [1.165, 1.54) is 23.5 Å². The Balaban J connectivity index is 2.12. The third-order valence-corrected chi connectivity index (χ3v) is 4.68. The third-order valence-electron chi connectivity index (χ3n) is 3.25. The van der Waals surface area contributed by atoms with E-state index in [9.17, 15) is 13.2 Å². The Morgan fingerprint density at radius 3 is 2.42 bits per heavy atom. The first-order valence-corrected chi connectivity index (χ1v) is 8.31. The van der Waals surface area contributed by atoms with Crippen LogP contribution < -0.4 is 5.32 Å². The van der Waals surface area contributed by atoms with Crippen molar-refractivity contribution in [3.05, 3.63) is 63.6 Å². The lowest BCUT2D eigenvalue weighted by Gasteiger charge is -2.15. The van der Waals surface area contributed by atoms with Gasteiger partial charge in [0.25, 0.3) is 0 Å². The number of thiazole rings is 1. The first kappa shape index (κ1) is 17.1. The van der Waals surface area contributed by atoms with Crippen molar-refractivity contribution in [2.45, 2.75) is 6.18 Å². The van der Waals surface area contributed by atoms with Crippen molar-refractivity contribution < 1.29 is 13.2 Å². The minimum atomic E-state index is -4.44. The van der Waals surface area contributed by atoms with Gasteiger partial charge >= 0.3 is 6.18 Å². The van der Waals surface area contributed by atoms with Gasteiger partial charge in [0.1, 0.15) is 0 Å². The lowest BCUT2D eigenvalue weighted by atomic mass is 10.0. The van der Waals surface area contributed by atoms with Gasteiger partial charge in [-0.1, -0.05) is 29.3 Å². The number of anilines is 2. The molecule has 0 aliphatic rings. The van der Waals surface area contributed by atoms with Crippen molar-refractivity contribution in [3.8, 4) is 11.1 Å². The van der Waals surface area contributed by atoms with Crippen LogP contribution in [0.2, 0.25) is 10.0 Å². The lowest BCUT2D eigenvalue weighted by Crippen LogP contribution is -2.05. The Morgan fingerprint density at radius 1 is 1.00 bits per heavy atom. The molecule has 0 fully saturated rings. The first-order chi connectivity index (χ1) is 11.3. The number of nitrogens with one attached hydrogen (secondary N) is 1. The molecule has 0 unspecified atom stereocenters. The summed E-state index contributed by atoms with van der Waals surface area (Å²) in [6.07, 6.45) is -2.83. The van der Waals surface area contributed by atoms with E-state index in [1.54, 1.807) is 23.7 Å². The third kappa shape index (κ3) is 3.66. The van der Waals surface area contributed by atoms with E-state index < -0.39 is 11.7 Å². The molecule has 0 radical (unpaired) electrons. The Kier molecular flexibility index (Phi) is 4.71. The smallest absolute Gasteiger partial charge is 0.331 e. The molecule has 1 heterocycles. The molecule has 0 spiro atoms. The predicted molar refractivity (Wildman–Crippen MR) is 92.3 cm³/mol. The standard InChI is InChI=1S/C16H9Cl2F3N2S/c17-12-3-1-9(7-13(12)18)11-8-10(16(19,20)21)2-4-14(11)23-15-22-5-6-24-15/h1-8H,(H,22,23). The van der Waals surface area contributed by atoms with Crippen LogP contribution in [0.15, 0.2) is 48.0 Å². The average molecular weight is 389 g/mol. The monoisotopic (exact) mass is 388 g/mol. The van der Waals surface area contributed by atoms with E-state index in [2.05, 4.69) is 10.3 Å². The second-order valence-electron chi connectivity index (χ2n) is 4.85. The van der Waals surface area contributed by atoms with Gasteiger partial charge in [0, 0.05) is 22.8 Å². The van der Waals surface area contributed by atoms with Crippen molar-refractivity contribution >= 4 is 45.4 Å². The van der Waals surface area contributed by atoms with Gasteiger partial charge in [-0.3, -0.25) is 0 Å². The zero-order chi connectivity index (χ0) is 17.3. The molecule has 2 aromatic carbocycles. The molecule has 3 aromatic rings. The molecular weight excluding hydrogens is 380 g/mol. The van der Waals surface area contributed by atoms with E-state index >= 15 is 0 Å². The highest BCUT2D eigenvalue weighted by atomic mass is 35.5. The van der Waals surface area contributed by atoms with Crippen LogP contribution in [-0.2, 0) is 6.18 Å². The summed E-state index contributed by atoms with van der Waals surface area (Å²) in [5.41, 5.74) is 0.637. The number of hydrogen-bond donors (Lipinski definition) is 1. The zero-order valence-corrected chi connectivity index (χ0v) is 14.2. The number of halogens is 5. The molecule has 124 valence electrons. The molecule has 0 saturated heterocycles. The van der Waals surface area contributed by atoms with Crippen LogP contribution in [0, 0.1) is 0 Å². The van der Waals surface area contributed by atoms with E-state index in [0.29, 0.717) is 27.0 Å². The largest absolute Gasteiger partial charge is 0.416 e. The van der Waals surface area contributed by atoms with Crippen LogP contribution in [0.5, 0.6) is 0 Å². The minimum absolute atomic E-state index is 0.270. The van der Waals surface area contributed by atoms with Gasteiger partial charge in [-0.2, -0.15) is 13.2 Å². The van der Waals surface area contributed by atoms with Crippen LogP contribution in [0.4, 0.5) is 24.0 Å². The maximum Gasteiger partial charge on any atom is 0.416 e. The summed E-state index contributed by atoms with van der Waals surface area (Å²) in [7, 11) is 0.